The van der Waals surface area contributed by atoms with Crippen LogP contribution in [0.2, 0.25) is 0 Å². The van der Waals surface area contributed by atoms with E-state index in [1.807, 2.05) is 72.5 Å². The fourth-order valence-electron chi connectivity index (χ4n) is 4.28. The maximum Gasteiger partial charge on any atom is 0.410 e. The van der Waals surface area contributed by atoms with Gasteiger partial charge in [0.2, 0.25) is 5.91 Å². The standard InChI is InChI=1S/C26H34N2O4/c1-4-5-18-32-26(3)20-27(25(30)31-19-22-12-8-6-9-13-22)17-16-24(26)28(21(2)29)23-14-10-7-11-15-23/h6-15,24H,4-5,16-20H2,1-3H3/t24-,26+/m0/s1. The van der Waals surface area contributed by atoms with E-state index in [4.69, 9.17) is 9.47 Å². The van der Waals surface area contributed by atoms with Crippen molar-refractivity contribution in [2.24, 2.45) is 0 Å². The van der Waals surface area contributed by atoms with E-state index in [1.54, 1.807) is 11.8 Å². The Kier molecular flexibility index (Phi) is 8.28. The summed E-state index contributed by atoms with van der Waals surface area (Å²) < 4.78 is 11.9. The lowest BCUT2D eigenvalue weighted by Gasteiger charge is -2.49. The molecule has 0 unspecified atom stereocenters. The number of hydrogen-bond acceptors (Lipinski definition) is 4. The highest BCUT2D eigenvalue weighted by Crippen LogP contribution is 2.33. The monoisotopic (exact) mass is 438 g/mol. The lowest BCUT2D eigenvalue weighted by Crippen LogP contribution is -2.64. The van der Waals surface area contributed by atoms with Gasteiger partial charge in [0.15, 0.2) is 0 Å². The molecule has 6 nitrogen and oxygen atoms in total. The van der Waals surface area contributed by atoms with Crippen LogP contribution in [0.3, 0.4) is 0 Å². The first kappa shape index (κ1) is 23.8. The van der Waals surface area contributed by atoms with Crippen LogP contribution in [0.5, 0.6) is 0 Å². The molecule has 1 aliphatic heterocycles. The van der Waals surface area contributed by atoms with Crippen molar-refractivity contribution in [1.82, 2.24) is 4.90 Å². The number of carbonyl (C=O) groups is 2. The zero-order valence-corrected chi connectivity index (χ0v) is 19.3. The van der Waals surface area contributed by atoms with Crippen molar-refractivity contribution in [3.8, 4) is 0 Å². The lowest BCUT2D eigenvalue weighted by atomic mass is 9.87. The minimum atomic E-state index is -0.708. The normalized spacial score (nSPS) is 20.6. The van der Waals surface area contributed by atoms with E-state index in [0.717, 1.165) is 24.1 Å². The number of rotatable bonds is 8. The Morgan fingerprint density at radius 3 is 2.38 bits per heavy atom. The van der Waals surface area contributed by atoms with E-state index in [2.05, 4.69) is 6.92 Å². The number of carbonyl (C=O) groups excluding carboxylic acids is 2. The molecule has 3 rings (SSSR count). The van der Waals surface area contributed by atoms with Gasteiger partial charge >= 0.3 is 6.09 Å². The number of ether oxygens (including phenoxy) is 2. The van der Waals surface area contributed by atoms with Crippen molar-refractivity contribution in [1.29, 1.82) is 0 Å². The average Bonchev–Trinajstić information content (AvgIpc) is 2.80. The van der Waals surface area contributed by atoms with Crippen LogP contribution in [-0.2, 0) is 20.9 Å². The van der Waals surface area contributed by atoms with Gasteiger partial charge in [-0.3, -0.25) is 4.79 Å². The molecular weight excluding hydrogens is 404 g/mol. The summed E-state index contributed by atoms with van der Waals surface area (Å²) in [5.41, 5.74) is 1.08. The zero-order valence-electron chi connectivity index (χ0n) is 19.3. The van der Waals surface area contributed by atoms with Gasteiger partial charge in [0.25, 0.3) is 0 Å². The quantitative estimate of drug-likeness (QED) is 0.543. The second kappa shape index (κ2) is 11.1. The van der Waals surface area contributed by atoms with Crippen LogP contribution in [0.1, 0.15) is 45.6 Å². The van der Waals surface area contributed by atoms with E-state index in [1.165, 1.54) is 0 Å². The van der Waals surface area contributed by atoms with Crippen LogP contribution in [0.15, 0.2) is 60.7 Å². The maximum absolute atomic E-state index is 12.8. The molecule has 0 aliphatic carbocycles. The van der Waals surface area contributed by atoms with Gasteiger partial charge in [-0.25, -0.2) is 4.79 Å². The summed E-state index contributed by atoms with van der Waals surface area (Å²) in [7, 11) is 0. The summed E-state index contributed by atoms with van der Waals surface area (Å²) in [4.78, 5) is 29.1. The predicted octanol–water partition coefficient (Wildman–Crippen LogP) is 5.03. The van der Waals surface area contributed by atoms with Crippen molar-refractivity contribution in [3.63, 3.8) is 0 Å². The highest BCUT2D eigenvalue weighted by Gasteiger charge is 2.46. The van der Waals surface area contributed by atoms with Crippen LogP contribution >= 0.6 is 0 Å². The van der Waals surface area contributed by atoms with Crippen LogP contribution in [0.25, 0.3) is 0 Å². The van der Waals surface area contributed by atoms with Crippen molar-refractivity contribution in [2.45, 2.75) is 58.3 Å². The highest BCUT2D eigenvalue weighted by atomic mass is 16.6. The smallest absolute Gasteiger partial charge is 0.410 e. The third-order valence-electron chi connectivity index (χ3n) is 5.96. The van der Waals surface area contributed by atoms with Gasteiger partial charge in [0, 0.05) is 25.8 Å². The predicted molar refractivity (Wildman–Crippen MR) is 125 cm³/mol. The SMILES string of the molecule is CCCCO[C@]1(C)CN(C(=O)OCc2ccccc2)CC[C@@H]1N(C(C)=O)c1ccccc1. The number of piperidine rings is 1. The number of hydrogen-bond donors (Lipinski definition) is 0. The van der Waals surface area contributed by atoms with Gasteiger partial charge in [-0.2, -0.15) is 0 Å². The second-order valence-corrected chi connectivity index (χ2v) is 8.51. The Morgan fingerprint density at radius 2 is 1.75 bits per heavy atom. The van der Waals surface area contributed by atoms with Gasteiger partial charge in [0.1, 0.15) is 12.2 Å². The zero-order chi connectivity index (χ0) is 23.0. The lowest BCUT2D eigenvalue weighted by molar-refractivity contribution is -0.122. The molecule has 1 fully saturated rings. The van der Waals surface area contributed by atoms with E-state index in [0.29, 0.717) is 26.1 Å². The molecule has 32 heavy (non-hydrogen) atoms. The van der Waals surface area contributed by atoms with Gasteiger partial charge in [-0.1, -0.05) is 61.9 Å². The highest BCUT2D eigenvalue weighted by molar-refractivity contribution is 5.92. The number of para-hydroxylation sites is 1. The number of benzene rings is 2. The molecule has 2 aromatic rings. The molecule has 2 amide bonds. The molecule has 6 heteroatoms. The topological polar surface area (TPSA) is 59.1 Å². The molecule has 1 saturated heterocycles. The number of unbranched alkanes of at least 4 members (excludes halogenated alkanes) is 1. The largest absolute Gasteiger partial charge is 0.445 e. The number of anilines is 1. The third kappa shape index (κ3) is 5.88. The molecule has 0 N–H and O–H groups in total. The molecule has 0 saturated carbocycles. The van der Waals surface area contributed by atoms with Crippen molar-refractivity contribution in [2.75, 3.05) is 24.6 Å². The summed E-state index contributed by atoms with van der Waals surface area (Å²) in [6, 6.07) is 19.1. The van der Waals surface area contributed by atoms with Crippen molar-refractivity contribution >= 4 is 17.7 Å². The van der Waals surface area contributed by atoms with Gasteiger partial charge in [0.05, 0.1) is 12.6 Å². The molecular formula is C26H34N2O4. The molecule has 0 bridgehead atoms. The van der Waals surface area contributed by atoms with E-state index in [-0.39, 0.29) is 24.6 Å². The number of nitrogens with zero attached hydrogens (tertiary/aromatic N) is 2. The first-order valence-corrected chi connectivity index (χ1v) is 11.4. The number of amides is 2. The van der Waals surface area contributed by atoms with Crippen molar-refractivity contribution < 1.29 is 19.1 Å². The van der Waals surface area contributed by atoms with Crippen molar-refractivity contribution in [3.05, 3.63) is 66.2 Å². The summed E-state index contributed by atoms with van der Waals surface area (Å²) in [5.74, 6) is -0.0355. The maximum atomic E-state index is 12.8. The summed E-state index contributed by atoms with van der Waals surface area (Å²) in [5, 5.41) is 0. The summed E-state index contributed by atoms with van der Waals surface area (Å²) >= 11 is 0. The molecule has 0 spiro atoms. The Hall–Kier alpha value is -2.86. The first-order chi connectivity index (χ1) is 15.4. The summed E-state index contributed by atoms with van der Waals surface area (Å²) in [6.45, 7) is 7.38. The van der Waals surface area contributed by atoms with Gasteiger partial charge in [-0.05, 0) is 37.5 Å². The molecule has 2 atom stereocenters. The van der Waals surface area contributed by atoms with E-state index < -0.39 is 5.60 Å². The molecule has 1 heterocycles. The molecule has 172 valence electrons. The summed E-state index contributed by atoms with van der Waals surface area (Å²) in [6.07, 6.45) is 2.19. The Balaban J connectivity index is 1.77. The van der Waals surface area contributed by atoms with Crippen LogP contribution in [0, 0.1) is 0 Å². The third-order valence-corrected chi connectivity index (χ3v) is 5.96. The fraction of sp³-hybridized carbons (Fsp3) is 0.462. The Morgan fingerprint density at radius 1 is 1.09 bits per heavy atom. The molecule has 0 aromatic heterocycles. The average molecular weight is 439 g/mol. The Bertz CT molecular complexity index is 874. The van der Waals surface area contributed by atoms with Gasteiger partial charge < -0.3 is 19.3 Å². The minimum Gasteiger partial charge on any atom is -0.445 e. The molecule has 0 radical (unpaired) electrons. The second-order valence-electron chi connectivity index (χ2n) is 8.51. The minimum absolute atomic E-state index is 0.0355. The van der Waals surface area contributed by atoms with Crippen LogP contribution < -0.4 is 4.90 Å². The fourth-order valence-corrected chi connectivity index (χ4v) is 4.28. The van der Waals surface area contributed by atoms with Crippen LogP contribution in [0.4, 0.5) is 10.5 Å². The molecule has 2 aromatic carbocycles. The van der Waals surface area contributed by atoms with E-state index >= 15 is 0 Å². The first-order valence-electron chi connectivity index (χ1n) is 11.4. The Labute approximate surface area is 191 Å². The van der Waals surface area contributed by atoms with E-state index in [9.17, 15) is 9.59 Å². The number of likely N-dealkylation sites (tertiary alicyclic amines) is 1. The van der Waals surface area contributed by atoms with Gasteiger partial charge in [-0.15, -0.1) is 0 Å². The van der Waals surface area contributed by atoms with Crippen LogP contribution in [-0.4, -0.2) is 48.2 Å². The molecule has 1 aliphatic rings.